The highest BCUT2D eigenvalue weighted by Gasteiger charge is 2.22. The van der Waals surface area contributed by atoms with E-state index in [-0.39, 0.29) is 5.82 Å². The first-order valence-electron chi connectivity index (χ1n) is 13.3. The van der Waals surface area contributed by atoms with Crippen LogP contribution in [0.25, 0.3) is 22.0 Å². The lowest BCUT2D eigenvalue weighted by Crippen LogP contribution is -2.38. The minimum atomic E-state index is -0.263. The zero-order chi connectivity index (χ0) is 26.5. The number of ether oxygens (including phenoxy) is 2. The molecule has 0 spiro atoms. The van der Waals surface area contributed by atoms with Crippen LogP contribution in [0.3, 0.4) is 0 Å². The maximum Gasteiger partial charge on any atom is 0.131 e. The molecule has 1 aliphatic heterocycles. The minimum Gasteiger partial charge on any atom is -0.493 e. The van der Waals surface area contributed by atoms with Gasteiger partial charge in [-0.3, -0.25) is 9.88 Å². The van der Waals surface area contributed by atoms with Crippen molar-refractivity contribution in [2.45, 2.75) is 39.3 Å². The lowest BCUT2D eigenvalue weighted by atomic mass is 9.99. The quantitative estimate of drug-likeness (QED) is 0.240. The van der Waals surface area contributed by atoms with E-state index in [1.807, 2.05) is 44.3 Å². The van der Waals surface area contributed by atoms with Crippen molar-refractivity contribution in [1.29, 1.82) is 0 Å². The Bertz CT molecular complexity index is 1360. The number of nitrogens with zero attached hydrogens (tertiary/aromatic N) is 2. The fourth-order valence-corrected chi connectivity index (χ4v) is 5.30. The summed E-state index contributed by atoms with van der Waals surface area (Å²) < 4.78 is 25.7. The van der Waals surface area contributed by atoms with E-state index in [1.54, 1.807) is 12.1 Å². The number of piperidine rings is 1. The second kappa shape index (κ2) is 12.0. The molecule has 1 fully saturated rings. The largest absolute Gasteiger partial charge is 0.493 e. The number of pyridine rings is 1. The van der Waals surface area contributed by atoms with Crippen LogP contribution in [0, 0.1) is 5.82 Å². The van der Waals surface area contributed by atoms with E-state index in [0.717, 1.165) is 77.3 Å². The number of aromatic nitrogens is 1. The molecule has 0 amide bonds. The maximum atomic E-state index is 13.6. The predicted octanol–water partition coefficient (Wildman–Crippen LogP) is 7.57. The molecule has 0 atom stereocenters. The zero-order valence-corrected chi connectivity index (χ0v) is 22.6. The Hall–Kier alpha value is -3.35. The standard InChI is InChI=1S/C31H33ClFN3O2/c1-3-37-29-17-21(18-30(38-4-2)31(29)22-5-8-24(33)9-6-22)20-36-15-12-25(13-16-36)35-27-11-14-34-28-19-23(32)7-10-26(27)28/h5-11,14,17-19,25H,3-4,12-13,15-16,20H2,1-2H3,(H,34,35). The molecule has 5 nitrogen and oxygen atoms in total. The molecule has 7 heteroatoms. The smallest absolute Gasteiger partial charge is 0.131 e. The third-order valence-electron chi connectivity index (χ3n) is 6.92. The van der Waals surface area contributed by atoms with Crippen molar-refractivity contribution in [2.24, 2.45) is 0 Å². The van der Waals surface area contributed by atoms with E-state index in [4.69, 9.17) is 21.1 Å². The molecule has 1 N–H and O–H groups in total. The van der Waals surface area contributed by atoms with E-state index < -0.39 is 0 Å². The van der Waals surface area contributed by atoms with Gasteiger partial charge in [-0.05, 0) is 86.3 Å². The summed E-state index contributed by atoms with van der Waals surface area (Å²) in [6.45, 7) is 7.81. The molecule has 0 saturated carbocycles. The monoisotopic (exact) mass is 533 g/mol. The van der Waals surface area contributed by atoms with Crippen LogP contribution in [0.2, 0.25) is 5.02 Å². The summed E-state index contributed by atoms with van der Waals surface area (Å²) in [6.07, 6.45) is 3.92. The van der Waals surface area contributed by atoms with Gasteiger partial charge >= 0.3 is 0 Å². The zero-order valence-electron chi connectivity index (χ0n) is 21.8. The molecule has 2 heterocycles. The van der Waals surface area contributed by atoms with Crippen LogP contribution in [0.1, 0.15) is 32.3 Å². The molecule has 0 aliphatic carbocycles. The van der Waals surface area contributed by atoms with Crippen molar-refractivity contribution in [3.63, 3.8) is 0 Å². The van der Waals surface area contributed by atoms with Gasteiger partial charge in [0.1, 0.15) is 17.3 Å². The molecule has 1 saturated heterocycles. The summed E-state index contributed by atoms with van der Waals surface area (Å²) in [4.78, 5) is 6.93. The third kappa shape index (κ3) is 6.03. The van der Waals surface area contributed by atoms with Crippen LogP contribution in [0.15, 0.2) is 66.9 Å². The first-order chi connectivity index (χ1) is 18.5. The van der Waals surface area contributed by atoms with Crippen molar-refractivity contribution in [2.75, 3.05) is 31.6 Å². The van der Waals surface area contributed by atoms with Crippen molar-refractivity contribution in [1.82, 2.24) is 9.88 Å². The highest BCUT2D eigenvalue weighted by atomic mass is 35.5. The number of fused-ring (bicyclic) bond motifs is 1. The first-order valence-corrected chi connectivity index (χ1v) is 13.6. The van der Waals surface area contributed by atoms with E-state index >= 15 is 0 Å². The van der Waals surface area contributed by atoms with Crippen LogP contribution in [-0.2, 0) is 6.54 Å². The highest BCUT2D eigenvalue weighted by molar-refractivity contribution is 6.31. The van der Waals surface area contributed by atoms with Crippen molar-refractivity contribution >= 4 is 28.2 Å². The first kappa shape index (κ1) is 26.3. The number of nitrogens with one attached hydrogen (secondary N) is 1. The Kier molecular flexibility index (Phi) is 8.30. The van der Waals surface area contributed by atoms with E-state index in [1.165, 1.54) is 12.1 Å². The Labute approximate surface area is 228 Å². The van der Waals surface area contributed by atoms with Gasteiger partial charge < -0.3 is 14.8 Å². The van der Waals surface area contributed by atoms with Gasteiger partial charge in [0.25, 0.3) is 0 Å². The van der Waals surface area contributed by atoms with E-state index in [0.29, 0.717) is 24.3 Å². The normalized spacial score (nSPS) is 14.5. The van der Waals surface area contributed by atoms with Gasteiger partial charge in [-0.25, -0.2) is 4.39 Å². The molecule has 0 bridgehead atoms. The second-order valence-corrected chi connectivity index (χ2v) is 9.99. The highest BCUT2D eigenvalue weighted by Crippen LogP contribution is 2.40. The van der Waals surface area contributed by atoms with Gasteiger partial charge in [0.15, 0.2) is 0 Å². The number of halogens is 2. The topological polar surface area (TPSA) is 46.6 Å². The van der Waals surface area contributed by atoms with Gasteiger partial charge in [-0.2, -0.15) is 0 Å². The average molecular weight is 534 g/mol. The SMILES string of the molecule is CCOc1cc(CN2CCC(Nc3ccnc4cc(Cl)ccc34)CC2)cc(OCC)c1-c1ccc(F)cc1. The number of rotatable bonds is 9. The summed E-state index contributed by atoms with van der Waals surface area (Å²) in [6, 6.07) is 19.0. The van der Waals surface area contributed by atoms with Gasteiger partial charge in [-0.1, -0.05) is 23.7 Å². The molecule has 1 aliphatic rings. The van der Waals surface area contributed by atoms with Crippen LogP contribution in [0.5, 0.6) is 11.5 Å². The lowest BCUT2D eigenvalue weighted by molar-refractivity contribution is 0.210. The van der Waals surface area contributed by atoms with Gasteiger partial charge in [0, 0.05) is 48.0 Å². The Morgan fingerprint density at radius 1 is 0.947 bits per heavy atom. The molecule has 1 aromatic heterocycles. The average Bonchev–Trinajstić information content (AvgIpc) is 2.91. The predicted molar refractivity (Wildman–Crippen MR) is 153 cm³/mol. The molecule has 0 radical (unpaired) electrons. The maximum absolute atomic E-state index is 13.6. The summed E-state index contributed by atoms with van der Waals surface area (Å²) in [7, 11) is 0. The number of hydrogen-bond donors (Lipinski definition) is 1. The molecule has 38 heavy (non-hydrogen) atoms. The summed E-state index contributed by atoms with van der Waals surface area (Å²) in [5.41, 5.74) is 4.89. The van der Waals surface area contributed by atoms with Crippen LogP contribution in [0.4, 0.5) is 10.1 Å². The molecule has 198 valence electrons. The fourth-order valence-electron chi connectivity index (χ4n) is 5.14. The fraction of sp³-hybridized carbons (Fsp3) is 0.323. The second-order valence-electron chi connectivity index (χ2n) is 9.55. The van der Waals surface area contributed by atoms with Crippen LogP contribution in [-0.4, -0.2) is 42.2 Å². The van der Waals surface area contributed by atoms with Gasteiger partial charge in [0.2, 0.25) is 0 Å². The summed E-state index contributed by atoms with van der Waals surface area (Å²) >= 11 is 6.15. The van der Waals surface area contributed by atoms with Gasteiger partial charge in [0.05, 0.1) is 24.3 Å². The van der Waals surface area contributed by atoms with Gasteiger partial charge in [-0.15, -0.1) is 0 Å². The van der Waals surface area contributed by atoms with Crippen molar-refractivity contribution in [3.8, 4) is 22.6 Å². The Morgan fingerprint density at radius 3 is 2.29 bits per heavy atom. The molecular formula is C31H33ClFN3O2. The summed E-state index contributed by atoms with van der Waals surface area (Å²) in [5.74, 6) is 1.27. The minimum absolute atomic E-state index is 0.263. The Balaban J connectivity index is 1.29. The number of anilines is 1. The number of hydrogen-bond acceptors (Lipinski definition) is 5. The molecular weight excluding hydrogens is 501 g/mol. The molecule has 5 rings (SSSR count). The number of benzene rings is 3. The Morgan fingerprint density at radius 2 is 1.63 bits per heavy atom. The van der Waals surface area contributed by atoms with Crippen LogP contribution < -0.4 is 14.8 Å². The molecule has 4 aromatic rings. The molecule has 3 aromatic carbocycles. The van der Waals surface area contributed by atoms with Crippen molar-refractivity contribution < 1.29 is 13.9 Å². The van der Waals surface area contributed by atoms with Crippen molar-refractivity contribution in [3.05, 3.63) is 83.3 Å². The number of likely N-dealkylation sites (tertiary alicyclic amines) is 1. The summed E-state index contributed by atoms with van der Waals surface area (Å²) in [5, 5.41) is 5.52. The van der Waals surface area contributed by atoms with Crippen LogP contribution >= 0.6 is 11.6 Å². The third-order valence-corrected chi connectivity index (χ3v) is 7.15. The molecule has 0 unspecified atom stereocenters. The van der Waals surface area contributed by atoms with E-state index in [9.17, 15) is 4.39 Å². The lowest BCUT2D eigenvalue weighted by Gasteiger charge is -2.33. The van der Waals surface area contributed by atoms with E-state index in [2.05, 4.69) is 27.3 Å².